The predicted molar refractivity (Wildman–Crippen MR) is 395 cm³/mol. The van der Waals surface area contributed by atoms with E-state index in [1.54, 1.807) is 0 Å². The molecule has 0 aromatic carbocycles. The van der Waals surface area contributed by atoms with Crippen LogP contribution in [-0.4, -0.2) is 96.7 Å². The number of phosphoric acid groups is 2. The van der Waals surface area contributed by atoms with Crippen LogP contribution in [0.5, 0.6) is 0 Å². The molecule has 0 aromatic heterocycles. The summed E-state index contributed by atoms with van der Waals surface area (Å²) in [5, 5.41) is 10.6. The highest BCUT2D eigenvalue weighted by atomic mass is 31.2. The van der Waals surface area contributed by atoms with Crippen molar-refractivity contribution in [3.05, 3.63) is 0 Å². The zero-order valence-corrected chi connectivity index (χ0v) is 65.0. The van der Waals surface area contributed by atoms with Crippen molar-refractivity contribution in [2.45, 2.75) is 432 Å². The van der Waals surface area contributed by atoms with Crippen molar-refractivity contribution in [3.63, 3.8) is 0 Å². The van der Waals surface area contributed by atoms with Gasteiger partial charge in [-0.15, -0.1) is 0 Å². The second kappa shape index (κ2) is 71.1. The molecule has 19 heteroatoms. The van der Waals surface area contributed by atoms with E-state index in [9.17, 15) is 43.2 Å². The van der Waals surface area contributed by atoms with Gasteiger partial charge in [-0.25, -0.2) is 9.13 Å². The fraction of sp³-hybridized carbons (Fsp3) is 0.949. The van der Waals surface area contributed by atoms with E-state index in [1.165, 1.54) is 238 Å². The van der Waals surface area contributed by atoms with E-state index >= 15 is 0 Å². The van der Waals surface area contributed by atoms with Crippen LogP contribution in [0, 0.1) is 5.92 Å². The van der Waals surface area contributed by atoms with Crippen LogP contribution in [0.3, 0.4) is 0 Å². The number of carbonyl (C=O) groups is 4. The molecule has 0 aromatic rings. The van der Waals surface area contributed by atoms with Crippen molar-refractivity contribution < 1.29 is 80.2 Å². The van der Waals surface area contributed by atoms with Crippen LogP contribution in [0.2, 0.25) is 0 Å². The van der Waals surface area contributed by atoms with Gasteiger partial charge in [0.15, 0.2) is 12.2 Å². The van der Waals surface area contributed by atoms with Gasteiger partial charge in [-0.2, -0.15) is 0 Å². The standard InChI is InChI=1S/C78H152O17P2/c1-6-9-12-15-18-21-24-26-28-29-30-31-33-38-44-49-54-59-64-78(83)95-74(68-89-76(81)62-57-52-47-42-39-34-36-40-45-50-55-60-71(4)5)70-93-97(86,87)91-66-72(79)65-90-96(84,85)92-69-73(67-88-75(80)61-56-51-46-41-35-23-20-17-14-11-8-3)94-77(82)63-58-53-48-43-37-32-27-25-22-19-16-13-10-7-2/h71-74,79H,6-70H2,1-5H3,(H,84,85)(H,86,87)/t72-,73+,74+/m0/s1. The minimum Gasteiger partial charge on any atom is -0.462 e. The summed E-state index contributed by atoms with van der Waals surface area (Å²) >= 11 is 0. The van der Waals surface area contributed by atoms with E-state index in [-0.39, 0.29) is 25.7 Å². The Morgan fingerprint density at radius 1 is 0.278 bits per heavy atom. The van der Waals surface area contributed by atoms with Crippen LogP contribution in [0.25, 0.3) is 0 Å². The number of hydrogen-bond acceptors (Lipinski definition) is 15. The quantitative estimate of drug-likeness (QED) is 0.0222. The summed E-state index contributed by atoms with van der Waals surface area (Å²) in [6, 6.07) is 0. The van der Waals surface area contributed by atoms with E-state index in [2.05, 4.69) is 34.6 Å². The highest BCUT2D eigenvalue weighted by Crippen LogP contribution is 2.45. The first-order valence-corrected chi connectivity index (χ1v) is 43.6. The average molecular weight is 1420 g/mol. The molecule has 5 atom stereocenters. The van der Waals surface area contributed by atoms with Crippen molar-refractivity contribution in [1.82, 2.24) is 0 Å². The van der Waals surface area contributed by atoms with Gasteiger partial charge in [-0.05, 0) is 31.6 Å². The van der Waals surface area contributed by atoms with Gasteiger partial charge in [0.1, 0.15) is 19.3 Å². The highest BCUT2D eigenvalue weighted by Gasteiger charge is 2.30. The lowest BCUT2D eigenvalue weighted by Crippen LogP contribution is -2.30. The molecule has 0 aliphatic carbocycles. The number of esters is 4. The molecule has 0 radical (unpaired) electrons. The monoisotopic (exact) mass is 1420 g/mol. The minimum absolute atomic E-state index is 0.108. The largest absolute Gasteiger partial charge is 0.472 e. The van der Waals surface area contributed by atoms with Crippen LogP contribution in [0.15, 0.2) is 0 Å². The molecular formula is C78H152O17P2. The molecule has 17 nitrogen and oxygen atoms in total. The molecule has 0 amide bonds. The topological polar surface area (TPSA) is 237 Å². The van der Waals surface area contributed by atoms with E-state index in [1.807, 2.05) is 0 Å². The van der Waals surface area contributed by atoms with Crippen LogP contribution in [0.4, 0.5) is 0 Å². The number of hydrogen-bond donors (Lipinski definition) is 3. The molecule has 0 spiro atoms. The fourth-order valence-corrected chi connectivity index (χ4v) is 13.6. The lowest BCUT2D eigenvalue weighted by Gasteiger charge is -2.21. The van der Waals surface area contributed by atoms with Crippen molar-refractivity contribution in [1.29, 1.82) is 0 Å². The average Bonchev–Trinajstić information content (AvgIpc) is 2.94. The molecule has 0 fully saturated rings. The summed E-state index contributed by atoms with van der Waals surface area (Å²) in [5.74, 6) is -1.34. The molecule has 0 heterocycles. The number of unbranched alkanes of at least 4 members (excludes halogenated alkanes) is 50. The maximum Gasteiger partial charge on any atom is 0.472 e. The molecule has 0 aliphatic heterocycles. The van der Waals surface area contributed by atoms with Gasteiger partial charge < -0.3 is 33.8 Å². The smallest absolute Gasteiger partial charge is 0.462 e. The normalized spacial score (nSPS) is 13.9. The van der Waals surface area contributed by atoms with E-state index < -0.39 is 97.5 Å². The molecule has 97 heavy (non-hydrogen) atoms. The Labute approximate surface area is 594 Å². The van der Waals surface area contributed by atoms with Gasteiger partial charge in [-0.1, -0.05) is 362 Å². The third-order valence-corrected chi connectivity index (χ3v) is 20.2. The SMILES string of the molecule is CCCCCCCCCCCCCCCCCCCCC(=O)O[C@H](COC(=O)CCCCCCCCCCCCCC(C)C)COP(=O)(O)OC[C@@H](O)COP(=O)(O)OC[C@@H](COC(=O)CCCCCCCCCCCCC)OC(=O)CCCCCCCCCCCCCCCC. The molecule has 0 bridgehead atoms. The summed E-state index contributed by atoms with van der Waals surface area (Å²) in [4.78, 5) is 72.9. The van der Waals surface area contributed by atoms with Crippen LogP contribution >= 0.6 is 15.6 Å². The first-order chi connectivity index (χ1) is 47.0. The molecule has 0 saturated heterocycles. The summed E-state index contributed by atoms with van der Waals surface area (Å²) in [6.45, 7) is 7.32. The van der Waals surface area contributed by atoms with Crippen LogP contribution in [0.1, 0.15) is 413 Å². The molecule has 0 rings (SSSR count). The maximum absolute atomic E-state index is 13.1. The number of aliphatic hydroxyl groups excluding tert-OH is 1. The summed E-state index contributed by atoms with van der Waals surface area (Å²) in [6.07, 6.45) is 60.9. The third-order valence-electron chi connectivity index (χ3n) is 18.3. The van der Waals surface area contributed by atoms with Crippen molar-refractivity contribution in [3.8, 4) is 0 Å². The fourth-order valence-electron chi connectivity index (χ4n) is 12.1. The zero-order chi connectivity index (χ0) is 71.2. The van der Waals surface area contributed by atoms with Gasteiger partial charge in [0, 0.05) is 25.7 Å². The highest BCUT2D eigenvalue weighted by molar-refractivity contribution is 7.47. The maximum atomic E-state index is 13.1. The first kappa shape index (κ1) is 95.1. The molecular weight excluding hydrogens is 1270 g/mol. The molecule has 3 N–H and O–H groups in total. The van der Waals surface area contributed by atoms with Crippen LogP contribution in [-0.2, 0) is 65.4 Å². The molecule has 0 aliphatic rings. The Bertz CT molecular complexity index is 1860. The zero-order valence-electron chi connectivity index (χ0n) is 63.2. The first-order valence-electron chi connectivity index (χ1n) is 40.6. The van der Waals surface area contributed by atoms with Gasteiger partial charge in [0.05, 0.1) is 26.4 Å². The van der Waals surface area contributed by atoms with Gasteiger partial charge >= 0.3 is 39.5 Å². The van der Waals surface area contributed by atoms with Gasteiger partial charge in [-0.3, -0.25) is 37.3 Å². The van der Waals surface area contributed by atoms with Crippen LogP contribution < -0.4 is 0 Å². The Morgan fingerprint density at radius 2 is 0.474 bits per heavy atom. The molecule has 576 valence electrons. The van der Waals surface area contributed by atoms with E-state index in [4.69, 9.17) is 37.0 Å². The lowest BCUT2D eigenvalue weighted by atomic mass is 10.0. The molecule has 2 unspecified atom stereocenters. The Morgan fingerprint density at radius 3 is 0.701 bits per heavy atom. The third kappa shape index (κ3) is 72.2. The lowest BCUT2D eigenvalue weighted by molar-refractivity contribution is -0.161. The van der Waals surface area contributed by atoms with Gasteiger partial charge in [0.25, 0.3) is 0 Å². The second-order valence-electron chi connectivity index (χ2n) is 28.6. The minimum atomic E-state index is -4.96. The Balaban J connectivity index is 5.25. The Kier molecular flexibility index (Phi) is 69.6. The predicted octanol–water partition coefficient (Wildman–Crippen LogP) is 23.3. The number of rotatable bonds is 78. The number of aliphatic hydroxyl groups is 1. The summed E-state index contributed by atoms with van der Waals surface area (Å²) < 4.78 is 68.6. The van der Waals surface area contributed by atoms with Crippen molar-refractivity contribution >= 4 is 39.5 Å². The molecule has 0 saturated carbocycles. The van der Waals surface area contributed by atoms with Crippen molar-refractivity contribution in [2.75, 3.05) is 39.6 Å². The van der Waals surface area contributed by atoms with Gasteiger partial charge in [0.2, 0.25) is 0 Å². The number of phosphoric ester groups is 2. The van der Waals surface area contributed by atoms with E-state index in [0.29, 0.717) is 25.7 Å². The second-order valence-corrected chi connectivity index (χ2v) is 31.5. The van der Waals surface area contributed by atoms with E-state index in [0.717, 1.165) is 95.8 Å². The summed E-state index contributed by atoms with van der Waals surface area (Å²) in [7, 11) is -9.91. The number of ether oxygens (including phenoxy) is 4. The number of carbonyl (C=O) groups excluding carboxylic acids is 4. The Hall–Kier alpha value is -1.94. The summed E-state index contributed by atoms with van der Waals surface area (Å²) in [5.41, 5.74) is 0. The van der Waals surface area contributed by atoms with Crippen molar-refractivity contribution in [2.24, 2.45) is 5.92 Å².